The molecule has 0 radical (unpaired) electrons. The van der Waals surface area contributed by atoms with Gasteiger partial charge >= 0.3 is 6.18 Å². The minimum absolute atomic E-state index is 0.0931. The van der Waals surface area contributed by atoms with Crippen LogP contribution in [0.1, 0.15) is 0 Å². The second kappa shape index (κ2) is 5.49. The van der Waals surface area contributed by atoms with Crippen LogP contribution in [-0.4, -0.2) is 23.8 Å². The van der Waals surface area contributed by atoms with E-state index >= 15 is 0 Å². The Labute approximate surface area is 98.4 Å². The number of halogens is 4. The maximum Gasteiger partial charge on any atom is 0.401 e. The predicted octanol–water partition coefficient (Wildman–Crippen LogP) is 1.76. The van der Waals surface area contributed by atoms with Gasteiger partial charge in [-0.2, -0.15) is 13.2 Å². The predicted molar refractivity (Wildman–Crippen MR) is 57.3 cm³/mol. The van der Waals surface area contributed by atoms with Gasteiger partial charge in [0.15, 0.2) is 0 Å². The number of hydrogen-bond donors (Lipinski definition) is 1. The summed E-state index contributed by atoms with van der Waals surface area (Å²) in [6, 6.07) is 3.23. The normalized spacial score (nSPS) is 11.8. The summed E-state index contributed by atoms with van der Waals surface area (Å²) in [4.78, 5) is 11.4. The van der Waals surface area contributed by atoms with E-state index in [1.54, 1.807) is 12.1 Å². The van der Waals surface area contributed by atoms with Crippen LogP contribution in [0.4, 0.5) is 13.2 Å². The Kier molecular flexibility index (Phi) is 4.55. The Bertz CT molecular complexity index is 402. The van der Waals surface area contributed by atoms with E-state index in [1.165, 1.54) is 10.8 Å². The topological polar surface area (TPSA) is 34.0 Å². The van der Waals surface area contributed by atoms with Gasteiger partial charge in [0.1, 0.15) is 0 Å². The van der Waals surface area contributed by atoms with Crippen LogP contribution >= 0.6 is 15.9 Å². The first-order chi connectivity index (χ1) is 7.40. The van der Waals surface area contributed by atoms with Crippen LogP contribution in [0.2, 0.25) is 0 Å². The maximum atomic E-state index is 11.8. The van der Waals surface area contributed by atoms with Gasteiger partial charge in [0.05, 0.1) is 11.0 Å². The standard InChI is InChI=1S/C9H10BrF3N2O/c10-7-2-1-4-15(8(7)16)5-3-14-6-9(11,12)13/h1-2,4,14H,3,5-6H2. The van der Waals surface area contributed by atoms with Gasteiger partial charge in [0.2, 0.25) is 0 Å². The van der Waals surface area contributed by atoms with Gasteiger partial charge in [-0.1, -0.05) is 0 Å². The monoisotopic (exact) mass is 298 g/mol. The molecule has 0 saturated carbocycles. The van der Waals surface area contributed by atoms with Crippen molar-refractivity contribution in [3.8, 4) is 0 Å². The summed E-state index contributed by atoms with van der Waals surface area (Å²) in [5.74, 6) is 0. The number of nitrogens with zero attached hydrogens (tertiary/aromatic N) is 1. The van der Waals surface area contributed by atoms with Crippen LogP contribution < -0.4 is 10.9 Å². The number of rotatable bonds is 4. The van der Waals surface area contributed by atoms with E-state index in [2.05, 4.69) is 21.2 Å². The second-order valence-corrected chi connectivity index (χ2v) is 4.00. The highest BCUT2D eigenvalue weighted by molar-refractivity contribution is 9.10. The molecule has 0 unspecified atom stereocenters. The van der Waals surface area contributed by atoms with Gasteiger partial charge in [0.25, 0.3) is 5.56 Å². The zero-order valence-electron chi connectivity index (χ0n) is 8.22. The molecule has 1 aromatic rings. The zero-order chi connectivity index (χ0) is 12.2. The van der Waals surface area contributed by atoms with E-state index in [9.17, 15) is 18.0 Å². The highest BCUT2D eigenvalue weighted by atomic mass is 79.9. The lowest BCUT2D eigenvalue weighted by Gasteiger charge is -2.09. The Hall–Kier alpha value is -0.820. The highest BCUT2D eigenvalue weighted by Crippen LogP contribution is 2.11. The third kappa shape index (κ3) is 4.36. The van der Waals surface area contributed by atoms with Crippen molar-refractivity contribution in [1.82, 2.24) is 9.88 Å². The van der Waals surface area contributed by atoms with Gasteiger partial charge in [-0.3, -0.25) is 4.79 Å². The minimum Gasteiger partial charge on any atom is -0.313 e. The van der Waals surface area contributed by atoms with Crippen molar-refractivity contribution in [3.05, 3.63) is 33.2 Å². The fourth-order valence-electron chi connectivity index (χ4n) is 1.11. The molecular formula is C9H10BrF3N2O. The maximum absolute atomic E-state index is 11.8. The molecule has 0 amide bonds. The Morgan fingerprint density at radius 1 is 1.44 bits per heavy atom. The molecule has 1 aromatic heterocycles. The molecule has 3 nitrogen and oxygen atoms in total. The molecule has 1 heterocycles. The van der Waals surface area contributed by atoms with Crippen LogP contribution in [0, 0.1) is 0 Å². The average Bonchev–Trinajstić information content (AvgIpc) is 2.17. The summed E-state index contributed by atoms with van der Waals surface area (Å²) in [5, 5.41) is 2.22. The SMILES string of the molecule is O=c1c(Br)cccn1CCNCC(F)(F)F. The third-order valence-electron chi connectivity index (χ3n) is 1.83. The van der Waals surface area contributed by atoms with E-state index < -0.39 is 12.7 Å². The lowest BCUT2D eigenvalue weighted by molar-refractivity contribution is -0.124. The molecule has 0 aliphatic rings. The molecule has 0 fully saturated rings. The van der Waals surface area contributed by atoms with Gasteiger partial charge in [-0.05, 0) is 28.1 Å². The largest absolute Gasteiger partial charge is 0.401 e. The summed E-state index contributed by atoms with van der Waals surface area (Å²) < 4.78 is 37.1. The molecule has 0 atom stereocenters. The summed E-state index contributed by atoms with van der Waals surface area (Å²) in [6.07, 6.45) is -2.69. The van der Waals surface area contributed by atoms with Crippen LogP contribution in [0.3, 0.4) is 0 Å². The second-order valence-electron chi connectivity index (χ2n) is 3.15. The van der Waals surface area contributed by atoms with Crippen molar-refractivity contribution < 1.29 is 13.2 Å². The molecule has 0 aliphatic heterocycles. The lowest BCUT2D eigenvalue weighted by atomic mass is 10.4. The van der Waals surface area contributed by atoms with Crippen molar-refractivity contribution in [2.45, 2.75) is 12.7 Å². The van der Waals surface area contributed by atoms with Crippen LogP contribution in [0.25, 0.3) is 0 Å². The Morgan fingerprint density at radius 3 is 2.75 bits per heavy atom. The van der Waals surface area contributed by atoms with Gasteiger partial charge < -0.3 is 9.88 Å². The van der Waals surface area contributed by atoms with E-state index in [4.69, 9.17) is 0 Å². The molecule has 1 N–H and O–H groups in total. The quantitative estimate of drug-likeness (QED) is 0.860. The molecule has 16 heavy (non-hydrogen) atoms. The molecular weight excluding hydrogens is 289 g/mol. The minimum atomic E-state index is -4.22. The number of aromatic nitrogens is 1. The molecule has 1 rings (SSSR count). The van der Waals surface area contributed by atoms with Gasteiger partial charge in [-0.25, -0.2) is 0 Å². The molecule has 0 aromatic carbocycles. The summed E-state index contributed by atoms with van der Waals surface area (Å²) >= 11 is 3.05. The fraction of sp³-hybridized carbons (Fsp3) is 0.444. The number of alkyl halides is 3. The van der Waals surface area contributed by atoms with Gasteiger partial charge in [0, 0.05) is 19.3 Å². The molecule has 7 heteroatoms. The van der Waals surface area contributed by atoms with Crippen molar-refractivity contribution >= 4 is 15.9 Å². The molecule has 90 valence electrons. The first-order valence-corrected chi connectivity index (χ1v) is 5.32. The molecule has 0 saturated heterocycles. The van der Waals surface area contributed by atoms with Crippen LogP contribution in [0.15, 0.2) is 27.6 Å². The number of pyridine rings is 1. The van der Waals surface area contributed by atoms with Crippen molar-refractivity contribution in [1.29, 1.82) is 0 Å². The Balaban J connectivity index is 2.44. The van der Waals surface area contributed by atoms with Gasteiger partial charge in [-0.15, -0.1) is 0 Å². The van der Waals surface area contributed by atoms with Crippen molar-refractivity contribution in [2.24, 2.45) is 0 Å². The van der Waals surface area contributed by atoms with E-state index in [0.717, 1.165) is 0 Å². The number of nitrogens with one attached hydrogen (secondary N) is 1. The fourth-order valence-corrected chi connectivity index (χ4v) is 1.49. The summed E-state index contributed by atoms with van der Waals surface area (Å²) in [7, 11) is 0. The average molecular weight is 299 g/mol. The molecule has 0 aliphatic carbocycles. The van der Waals surface area contributed by atoms with Crippen LogP contribution in [0.5, 0.6) is 0 Å². The van der Waals surface area contributed by atoms with E-state index in [1.807, 2.05) is 0 Å². The van der Waals surface area contributed by atoms with E-state index in [-0.39, 0.29) is 18.6 Å². The third-order valence-corrected chi connectivity index (χ3v) is 2.43. The summed E-state index contributed by atoms with van der Waals surface area (Å²) in [5.41, 5.74) is -0.253. The smallest absolute Gasteiger partial charge is 0.313 e. The van der Waals surface area contributed by atoms with Crippen molar-refractivity contribution in [3.63, 3.8) is 0 Å². The van der Waals surface area contributed by atoms with Crippen molar-refractivity contribution in [2.75, 3.05) is 13.1 Å². The molecule has 0 spiro atoms. The highest BCUT2D eigenvalue weighted by Gasteiger charge is 2.25. The zero-order valence-corrected chi connectivity index (χ0v) is 9.81. The number of hydrogen-bond acceptors (Lipinski definition) is 2. The van der Waals surface area contributed by atoms with E-state index in [0.29, 0.717) is 4.47 Å². The lowest BCUT2D eigenvalue weighted by Crippen LogP contribution is -2.33. The Morgan fingerprint density at radius 2 is 2.12 bits per heavy atom. The summed E-state index contributed by atoms with van der Waals surface area (Å²) in [6.45, 7) is -0.750. The first-order valence-electron chi connectivity index (χ1n) is 4.52. The van der Waals surface area contributed by atoms with Crippen LogP contribution in [-0.2, 0) is 6.54 Å². The first kappa shape index (κ1) is 13.2. The molecule has 0 bridgehead atoms.